The Morgan fingerprint density at radius 1 is 1.32 bits per heavy atom. The molecule has 2 rings (SSSR count). The summed E-state index contributed by atoms with van der Waals surface area (Å²) >= 11 is 0. The van der Waals surface area contributed by atoms with Crippen molar-refractivity contribution in [3.63, 3.8) is 0 Å². The minimum absolute atomic E-state index is 0.107. The van der Waals surface area contributed by atoms with Crippen LogP contribution >= 0.6 is 0 Å². The van der Waals surface area contributed by atoms with E-state index < -0.39 is 15.8 Å². The summed E-state index contributed by atoms with van der Waals surface area (Å²) in [5.41, 5.74) is 6.63. The lowest BCUT2D eigenvalue weighted by Crippen LogP contribution is -2.40. The molecule has 0 spiro atoms. The molecule has 1 saturated heterocycles. The number of hydrogen-bond acceptors (Lipinski definition) is 5. The van der Waals surface area contributed by atoms with Crippen molar-refractivity contribution in [1.29, 1.82) is 0 Å². The molecule has 1 heterocycles. The van der Waals surface area contributed by atoms with Gasteiger partial charge in [-0.2, -0.15) is 0 Å². The van der Waals surface area contributed by atoms with Crippen LogP contribution in [0.1, 0.15) is 15.9 Å². The molecular weight excluding hydrogens is 268 g/mol. The highest BCUT2D eigenvalue weighted by molar-refractivity contribution is 7.91. The number of nitrogens with zero attached hydrogens (tertiary/aromatic N) is 1. The van der Waals surface area contributed by atoms with E-state index in [1.807, 2.05) is 4.90 Å². The first-order valence-electron chi connectivity index (χ1n) is 5.92. The molecule has 19 heavy (non-hydrogen) atoms. The van der Waals surface area contributed by atoms with Crippen LogP contribution < -0.4 is 5.73 Å². The number of anilines is 1. The number of aromatic carboxylic acids is 1. The van der Waals surface area contributed by atoms with Crippen LogP contribution in [0.15, 0.2) is 18.2 Å². The topological polar surface area (TPSA) is 101 Å². The van der Waals surface area contributed by atoms with Crippen LogP contribution in [0.5, 0.6) is 0 Å². The summed E-state index contributed by atoms with van der Waals surface area (Å²) in [6, 6.07) is 4.97. The Bertz CT molecular complexity index is 584. The van der Waals surface area contributed by atoms with Crippen molar-refractivity contribution in [1.82, 2.24) is 4.90 Å². The molecule has 1 aromatic carbocycles. The molecule has 104 valence electrons. The third kappa shape index (κ3) is 3.24. The molecule has 6 nitrogen and oxygen atoms in total. The average molecular weight is 284 g/mol. The molecule has 0 unspecified atom stereocenters. The summed E-state index contributed by atoms with van der Waals surface area (Å²) in [4.78, 5) is 13.1. The molecule has 1 aliphatic heterocycles. The first-order valence-corrected chi connectivity index (χ1v) is 7.74. The van der Waals surface area contributed by atoms with Gasteiger partial charge in [0.1, 0.15) is 0 Å². The number of carboxylic acid groups (broad SMARTS) is 1. The molecule has 1 fully saturated rings. The maximum absolute atomic E-state index is 11.3. The van der Waals surface area contributed by atoms with Gasteiger partial charge >= 0.3 is 5.97 Å². The molecular formula is C12H16N2O4S. The Morgan fingerprint density at radius 2 is 1.95 bits per heavy atom. The monoisotopic (exact) mass is 284 g/mol. The van der Waals surface area contributed by atoms with E-state index in [9.17, 15) is 13.2 Å². The van der Waals surface area contributed by atoms with Crippen LogP contribution in [0, 0.1) is 0 Å². The zero-order valence-corrected chi connectivity index (χ0v) is 11.2. The van der Waals surface area contributed by atoms with Gasteiger partial charge in [-0.1, -0.05) is 12.1 Å². The van der Waals surface area contributed by atoms with E-state index in [0.29, 0.717) is 25.2 Å². The quantitative estimate of drug-likeness (QED) is 0.769. The van der Waals surface area contributed by atoms with Crippen LogP contribution in [0.3, 0.4) is 0 Å². The smallest absolute Gasteiger partial charge is 0.338 e. The first-order chi connectivity index (χ1) is 8.89. The van der Waals surface area contributed by atoms with Crippen molar-refractivity contribution in [3.05, 3.63) is 29.3 Å². The number of sulfone groups is 1. The second kappa shape index (κ2) is 5.18. The molecule has 0 atom stereocenters. The Kier molecular flexibility index (Phi) is 3.77. The van der Waals surface area contributed by atoms with Gasteiger partial charge in [0.15, 0.2) is 9.84 Å². The van der Waals surface area contributed by atoms with Crippen LogP contribution in [0.4, 0.5) is 5.69 Å². The van der Waals surface area contributed by atoms with Gasteiger partial charge in [0, 0.05) is 25.3 Å². The lowest BCUT2D eigenvalue weighted by Gasteiger charge is -2.27. The molecule has 0 aliphatic carbocycles. The highest BCUT2D eigenvalue weighted by Gasteiger charge is 2.23. The van der Waals surface area contributed by atoms with E-state index in [2.05, 4.69) is 0 Å². The lowest BCUT2D eigenvalue weighted by molar-refractivity contribution is 0.0695. The normalized spacial score (nSPS) is 19.2. The Hall–Kier alpha value is -1.60. The predicted molar refractivity (Wildman–Crippen MR) is 71.7 cm³/mol. The zero-order chi connectivity index (χ0) is 14.0. The first kappa shape index (κ1) is 13.8. The number of nitrogen functional groups attached to an aromatic ring is 1. The number of hydrogen-bond donors (Lipinski definition) is 2. The Morgan fingerprint density at radius 3 is 2.53 bits per heavy atom. The van der Waals surface area contributed by atoms with Gasteiger partial charge in [0.05, 0.1) is 17.1 Å². The maximum atomic E-state index is 11.3. The predicted octanol–water partition coefficient (Wildman–Crippen LogP) is 0.197. The summed E-state index contributed by atoms with van der Waals surface area (Å²) in [6.45, 7) is 1.26. The third-order valence-electron chi connectivity index (χ3n) is 3.23. The van der Waals surface area contributed by atoms with E-state index >= 15 is 0 Å². The van der Waals surface area contributed by atoms with Crippen LogP contribution in [-0.2, 0) is 16.4 Å². The average Bonchev–Trinajstić information content (AvgIpc) is 2.31. The number of nitrogens with two attached hydrogens (primary N) is 1. The van der Waals surface area contributed by atoms with Gasteiger partial charge in [-0.15, -0.1) is 0 Å². The van der Waals surface area contributed by atoms with E-state index in [0.717, 1.165) is 0 Å². The van der Waals surface area contributed by atoms with Gasteiger partial charge in [0.25, 0.3) is 0 Å². The van der Waals surface area contributed by atoms with Crippen molar-refractivity contribution in [2.75, 3.05) is 30.3 Å². The molecule has 0 aromatic heterocycles. The lowest BCUT2D eigenvalue weighted by atomic mass is 10.0. The summed E-state index contributed by atoms with van der Waals surface area (Å²) < 4.78 is 22.7. The minimum atomic E-state index is -2.93. The molecule has 0 amide bonds. The van der Waals surface area contributed by atoms with Crippen molar-refractivity contribution in [2.24, 2.45) is 0 Å². The standard InChI is InChI=1S/C12H16N2O4S/c13-10-3-1-2-9(11(10)12(15)16)8-14-4-6-19(17,18)7-5-14/h1-3H,4-8,13H2,(H,15,16). The molecule has 7 heteroatoms. The molecule has 1 aliphatic rings. The summed E-state index contributed by atoms with van der Waals surface area (Å²) in [5.74, 6) is -0.812. The van der Waals surface area contributed by atoms with Crippen molar-refractivity contribution in [2.45, 2.75) is 6.54 Å². The fourth-order valence-electron chi connectivity index (χ4n) is 2.16. The second-order valence-electron chi connectivity index (χ2n) is 4.61. The van der Waals surface area contributed by atoms with Gasteiger partial charge in [-0.3, -0.25) is 4.90 Å². The highest BCUT2D eigenvalue weighted by atomic mass is 32.2. The fraction of sp³-hybridized carbons (Fsp3) is 0.417. The molecule has 0 bridgehead atoms. The van der Waals surface area contributed by atoms with Gasteiger partial charge in [-0.05, 0) is 11.6 Å². The SMILES string of the molecule is Nc1cccc(CN2CCS(=O)(=O)CC2)c1C(=O)O. The summed E-state index contributed by atoms with van der Waals surface area (Å²) in [7, 11) is -2.93. The van der Waals surface area contributed by atoms with Gasteiger partial charge in [-0.25, -0.2) is 13.2 Å². The van der Waals surface area contributed by atoms with Crippen LogP contribution in [0.2, 0.25) is 0 Å². The number of carboxylic acids is 1. The van der Waals surface area contributed by atoms with Crippen molar-refractivity contribution in [3.8, 4) is 0 Å². The molecule has 1 aromatic rings. The Labute approximate surface area is 111 Å². The fourth-order valence-corrected chi connectivity index (χ4v) is 3.44. The molecule has 3 N–H and O–H groups in total. The maximum Gasteiger partial charge on any atom is 0.338 e. The van der Waals surface area contributed by atoms with Crippen LogP contribution in [0.25, 0.3) is 0 Å². The van der Waals surface area contributed by atoms with Crippen molar-refractivity contribution >= 4 is 21.5 Å². The third-order valence-corrected chi connectivity index (χ3v) is 4.84. The summed E-state index contributed by atoms with van der Waals surface area (Å²) in [5, 5.41) is 9.16. The number of rotatable bonds is 3. The van der Waals surface area contributed by atoms with Crippen LogP contribution in [-0.4, -0.2) is 49.0 Å². The minimum Gasteiger partial charge on any atom is -0.478 e. The second-order valence-corrected chi connectivity index (χ2v) is 6.92. The van der Waals surface area contributed by atoms with Gasteiger partial charge < -0.3 is 10.8 Å². The van der Waals surface area contributed by atoms with Crippen molar-refractivity contribution < 1.29 is 18.3 Å². The zero-order valence-electron chi connectivity index (χ0n) is 10.4. The molecule has 0 saturated carbocycles. The van der Waals surface area contributed by atoms with E-state index in [1.54, 1.807) is 18.2 Å². The van der Waals surface area contributed by atoms with Gasteiger partial charge in [0.2, 0.25) is 0 Å². The summed E-state index contributed by atoms with van der Waals surface area (Å²) in [6.07, 6.45) is 0. The van der Waals surface area contributed by atoms with E-state index in [1.165, 1.54) is 0 Å². The van der Waals surface area contributed by atoms with E-state index in [4.69, 9.17) is 10.8 Å². The number of carbonyl (C=O) groups is 1. The Balaban J connectivity index is 2.16. The van der Waals surface area contributed by atoms with E-state index in [-0.39, 0.29) is 22.8 Å². The highest BCUT2D eigenvalue weighted by Crippen LogP contribution is 2.19. The molecule has 0 radical (unpaired) electrons. The largest absolute Gasteiger partial charge is 0.478 e. The number of benzene rings is 1.